The van der Waals surface area contributed by atoms with Crippen LogP contribution in [0.5, 0.6) is 0 Å². The van der Waals surface area contributed by atoms with E-state index in [4.69, 9.17) is 14.7 Å². The van der Waals surface area contributed by atoms with Gasteiger partial charge in [-0.2, -0.15) is 5.26 Å². The van der Waals surface area contributed by atoms with E-state index in [1.54, 1.807) is 19.4 Å². The van der Waals surface area contributed by atoms with E-state index in [2.05, 4.69) is 21.0 Å². The Morgan fingerprint density at radius 2 is 2.44 bits per heavy atom. The molecule has 0 spiro atoms. The van der Waals surface area contributed by atoms with Gasteiger partial charge in [0.1, 0.15) is 23.2 Å². The molecule has 1 saturated heterocycles. The van der Waals surface area contributed by atoms with Gasteiger partial charge in [0.25, 0.3) is 0 Å². The summed E-state index contributed by atoms with van der Waals surface area (Å²) in [4.78, 5) is 11.7. The van der Waals surface area contributed by atoms with Crippen molar-refractivity contribution in [1.82, 2.24) is 15.0 Å². The van der Waals surface area contributed by atoms with Crippen LogP contribution in [0.25, 0.3) is 11.0 Å². The molecule has 2 aromatic heterocycles. The summed E-state index contributed by atoms with van der Waals surface area (Å²) in [5, 5.41) is 9.67. The number of aromatic amines is 1. The molecule has 0 aliphatic carbocycles. The minimum Gasteiger partial charge on any atom is -0.378 e. The molecule has 2 aromatic rings. The molecule has 0 unspecified atom stereocenters. The molecule has 18 heavy (non-hydrogen) atoms. The first kappa shape index (κ1) is 11.1. The molecule has 0 aromatic carbocycles. The Kier molecular flexibility index (Phi) is 2.70. The van der Waals surface area contributed by atoms with E-state index < -0.39 is 0 Å². The van der Waals surface area contributed by atoms with Crippen LogP contribution in [0.1, 0.15) is 17.4 Å². The van der Waals surface area contributed by atoms with Crippen LogP contribution in [0.15, 0.2) is 12.3 Å². The van der Waals surface area contributed by atoms with Gasteiger partial charge in [0.2, 0.25) is 0 Å². The minimum absolute atomic E-state index is 0.00662. The second kappa shape index (κ2) is 4.37. The number of hydrogen-bond donors (Lipinski definition) is 1. The molecule has 0 saturated carbocycles. The van der Waals surface area contributed by atoms with Crippen LogP contribution in [0, 0.1) is 11.3 Å². The number of nitriles is 1. The Morgan fingerprint density at radius 1 is 1.56 bits per heavy atom. The van der Waals surface area contributed by atoms with Gasteiger partial charge < -0.3 is 14.5 Å². The highest BCUT2D eigenvalue weighted by Crippen LogP contribution is 2.26. The maximum absolute atomic E-state index is 8.83. The summed E-state index contributed by atoms with van der Waals surface area (Å²) in [6, 6.07) is 3.79. The lowest BCUT2D eigenvalue weighted by atomic mass is 10.1. The predicted octanol–water partition coefficient (Wildman–Crippen LogP) is 0.958. The molecule has 6 nitrogen and oxygen atoms in total. The number of aromatic nitrogens is 3. The number of fused-ring (bicyclic) bond motifs is 1. The van der Waals surface area contributed by atoms with E-state index >= 15 is 0 Å². The highest BCUT2D eigenvalue weighted by molar-refractivity contribution is 5.76. The lowest BCUT2D eigenvalue weighted by Crippen LogP contribution is -2.20. The molecular formula is C12H12N4O2. The second-order valence-electron chi connectivity index (χ2n) is 4.25. The zero-order chi connectivity index (χ0) is 12.5. The molecule has 0 bridgehead atoms. The first-order chi connectivity index (χ1) is 8.81. The van der Waals surface area contributed by atoms with Crippen LogP contribution in [-0.4, -0.2) is 41.4 Å². The smallest absolute Gasteiger partial charge is 0.142 e. The molecule has 1 aliphatic heterocycles. The Morgan fingerprint density at radius 3 is 3.22 bits per heavy atom. The number of ether oxygens (including phenoxy) is 2. The van der Waals surface area contributed by atoms with E-state index in [0.717, 1.165) is 5.39 Å². The highest BCUT2D eigenvalue weighted by atomic mass is 16.5. The number of nitrogens with zero attached hydrogens (tertiary/aromatic N) is 3. The van der Waals surface area contributed by atoms with Crippen molar-refractivity contribution >= 4 is 11.0 Å². The van der Waals surface area contributed by atoms with Gasteiger partial charge in [0.05, 0.1) is 25.2 Å². The molecule has 92 valence electrons. The molecule has 3 rings (SSSR count). The van der Waals surface area contributed by atoms with Crippen molar-refractivity contribution in [2.75, 3.05) is 20.3 Å². The summed E-state index contributed by atoms with van der Waals surface area (Å²) >= 11 is 0. The van der Waals surface area contributed by atoms with Gasteiger partial charge >= 0.3 is 0 Å². The van der Waals surface area contributed by atoms with Gasteiger partial charge in [0, 0.05) is 18.7 Å². The number of nitrogens with one attached hydrogen (secondary N) is 1. The van der Waals surface area contributed by atoms with Crippen LogP contribution in [0.3, 0.4) is 0 Å². The summed E-state index contributed by atoms with van der Waals surface area (Å²) in [7, 11) is 1.66. The third kappa shape index (κ3) is 1.74. The summed E-state index contributed by atoms with van der Waals surface area (Å²) in [6.07, 6.45) is 1.72. The summed E-state index contributed by atoms with van der Waals surface area (Å²) in [5.41, 5.74) is 1.17. The van der Waals surface area contributed by atoms with Crippen LogP contribution < -0.4 is 0 Å². The van der Waals surface area contributed by atoms with Crippen LogP contribution in [0.4, 0.5) is 0 Å². The summed E-state index contributed by atoms with van der Waals surface area (Å²) in [5.74, 6) is 0.742. The predicted molar refractivity (Wildman–Crippen MR) is 63.0 cm³/mol. The van der Waals surface area contributed by atoms with Gasteiger partial charge in [0.15, 0.2) is 0 Å². The van der Waals surface area contributed by atoms with Crippen LogP contribution in [-0.2, 0) is 9.47 Å². The van der Waals surface area contributed by atoms with Crippen molar-refractivity contribution in [3.8, 4) is 6.07 Å². The van der Waals surface area contributed by atoms with Crippen molar-refractivity contribution < 1.29 is 9.47 Å². The Balaban J connectivity index is 2.00. The monoisotopic (exact) mass is 244 g/mol. The molecule has 1 fully saturated rings. The molecule has 2 atom stereocenters. The maximum Gasteiger partial charge on any atom is 0.142 e. The fraction of sp³-hybridized carbons (Fsp3) is 0.417. The van der Waals surface area contributed by atoms with Crippen molar-refractivity contribution in [3.05, 3.63) is 23.8 Å². The van der Waals surface area contributed by atoms with E-state index in [1.807, 2.05) is 0 Å². The first-order valence-corrected chi connectivity index (χ1v) is 5.68. The molecule has 6 heteroatoms. The molecule has 1 aliphatic rings. The van der Waals surface area contributed by atoms with Crippen molar-refractivity contribution in [2.24, 2.45) is 0 Å². The van der Waals surface area contributed by atoms with Gasteiger partial charge in [-0.3, -0.25) is 0 Å². The molecule has 0 radical (unpaired) electrons. The van der Waals surface area contributed by atoms with Crippen molar-refractivity contribution in [1.29, 1.82) is 5.26 Å². The number of H-pyrrole nitrogens is 1. The summed E-state index contributed by atoms with van der Waals surface area (Å²) < 4.78 is 10.7. The quantitative estimate of drug-likeness (QED) is 0.850. The van der Waals surface area contributed by atoms with Crippen LogP contribution in [0.2, 0.25) is 0 Å². The molecular weight excluding hydrogens is 232 g/mol. The normalized spacial score (nSPS) is 23.3. The summed E-state index contributed by atoms with van der Waals surface area (Å²) in [6.45, 7) is 1.13. The zero-order valence-electron chi connectivity index (χ0n) is 9.88. The first-order valence-electron chi connectivity index (χ1n) is 5.68. The topological polar surface area (TPSA) is 83.8 Å². The second-order valence-corrected chi connectivity index (χ2v) is 4.25. The van der Waals surface area contributed by atoms with Crippen molar-refractivity contribution in [3.63, 3.8) is 0 Å². The largest absolute Gasteiger partial charge is 0.378 e. The highest BCUT2D eigenvalue weighted by Gasteiger charge is 2.32. The Hall–Kier alpha value is -1.97. The maximum atomic E-state index is 8.83. The van der Waals surface area contributed by atoms with Gasteiger partial charge in [-0.1, -0.05) is 0 Å². The minimum atomic E-state index is -0.00662. The van der Waals surface area contributed by atoms with E-state index in [-0.39, 0.29) is 12.0 Å². The average molecular weight is 244 g/mol. The fourth-order valence-electron chi connectivity index (χ4n) is 2.18. The van der Waals surface area contributed by atoms with Crippen molar-refractivity contribution in [2.45, 2.75) is 12.0 Å². The number of methoxy groups -OCH3 is 1. The van der Waals surface area contributed by atoms with E-state index in [1.165, 1.54) is 0 Å². The third-order valence-corrected chi connectivity index (χ3v) is 3.17. The van der Waals surface area contributed by atoms with Gasteiger partial charge in [-0.25, -0.2) is 9.97 Å². The molecule has 0 amide bonds. The Bertz CT molecular complexity index is 616. The molecule has 3 heterocycles. The average Bonchev–Trinajstić information content (AvgIpc) is 3.03. The van der Waals surface area contributed by atoms with E-state index in [0.29, 0.717) is 30.4 Å². The van der Waals surface area contributed by atoms with Gasteiger partial charge in [-0.05, 0) is 6.07 Å². The molecule has 1 N–H and O–H groups in total. The fourth-order valence-corrected chi connectivity index (χ4v) is 2.18. The third-order valence-electron chi connectivity index (χ3n) is 3.17. The van der Waals surface area contributed by atoms with Gasteiger partial charge in [-0.15, -0.1) is 0 Å². The van der Waals surface area contributed by atoms with Crippen LogP contribution >= 0.6 is 0 Å². The van der Waals surface area contributed by atoms with E-state index in [9.17, 15) is 0 Å². The Labute approximate surface area is 104 Å². The number of hydrogen-bond acceptors (Lipinski definition) is 5. The zero-order valence-corrected chi connectivity index (χ0v) is 9.88. The lowest BCUT2D eigenvalue weighted by Gasteiger charge is -2.13. The standard InChI is InChI=1S/C12H12N4O2/c1-17-10-6-18-5-9(10)12-14-4-7-2-8(3-13)15-11(7)16-12/h2,4,9-10H,5-6H2,1H3,(H,14,15,16)/t9-,10+/m1/s1. The lowest BCUT2D eigenvalue weighted by molar-refractivity contribution is 0.0763. The number of rotatable bonds is 2. The SMILES string of the molecule is CO[C@H]1COC[C@H]1c1ncc2cc(C#N)[nH]c2n1.